The van der Waals surface area contributed by atoms with Crippen LogP contribution in [0.4, 0.5) is 0 Å². The van der Waals surface area contributed by atoms with Gasteiger partial charge in [0.05, 0.1) is 23.8 Å². The molecule has 1 fully saturated rings. The first-order valence-corrected chi connectivity index (χ1v) is 23.2. The lowest BCUT2D eigenvalue weighted by Crippen LogP contribution is -2.50. The minimum Gasteiger partial charge on any atom is -0.478 e. The van der Waals surface area contributed by atoms with Crippen LogP contribution in [0, 0.1) is 0 Å². The molecule has 0 radical (unpaired) electrons. The number of imidazole rings is 1. The summed E-state index contributed by atoms with van der Waals surface area (Å²) in [5.74, 6) is -1.01. The van der Waals surface area contributed by atoms with E-state index in [0.29, 0.717) is 56.3 Å². The number of carboxylic acids is 1. The fourth-order valence-corrected chi connectivity index (χ4v) is 8.14. The molecule has 1 saturated heterocycles. The summed E-state index contributed by atoms with van der Waals surface area (Å²) in [6.45, 7) is 22.6. The summed E-state index contributed by atoms with van der Waals surface area (Å²) in [7, 11) is -0.0176. The fourth-order valence-electron chi connectivity index (χ4n) is 7.10. The monoisotopic (exact) mass is 772 g/mol. The molecule has 0 aliphatic carbocycles. The summed E-state index contributed by atoms with van der Waals surface area (Å²) in [5, 5.41) is 10.2. The predicted molar refractivity (Wildman–Crippen MR) is 221 cm³/mol. The molecule has 12 heteroatoms. The molecule has 0 spiro atoms. The Bertz CT molecular complexity index is 1790. The number of amides is 2. The van der Waals surface area contributed by atoms with Gasteiger partial charge in [-0.2, -0.15) is 0 Å². The van der Waals surface area contributed by atoms with E-state index in [1.165, 1.54) is 17.7 Å². The van der Waals surface area contributed by atoms with Crippen LogP contribution in [0.5, 0.6) is 0 Å². The quantitative estimate of drug-likeness (QED) is 0.153. The number of nitrogens with zero attached hydrogens (tertiary/aromatic N) is 6. The highest BCUT2D eigenvalue weighted by Gasteiger charge is 2.40. The summed E-state index contributed by atoms with van der Waals surface area (Å²) in [5.41, 5.74) is 3.40. The van der Waals surface area contributed by atoms with Crippen LogP contribution in [0.1, 0.15) is 103 Å². The Hall–Kier alpha value is -3.84. The van der Waals surface area contributed by atoms with Crippen molar-refractivity contribution in [2.75, 3.05) is 59.5 Å². The normalized spacial score (nSPS) is 16.9. The summed E-state index contributed by atoms with van der Waals surface area (Å²) in [6.07, 6.45) is 6.23. The first kappa shape index (κ1) is 42.3. The number of aromatic nitrogens is 2. The topological polar surface area (TPSA) is 111 Å². The fraction of sp³-hybridized carbons (Fsp3) is 0.581. The van der Waals surface area contributed by atoms with Gasteiger partial charge in [0.1, 0.15) is 11.5 Å². The van der Waals surface area contributed by atoms with Crippen molar-refractivity contribution in [3.8, 4) is 11.4 Å². The van der Waals surface area contributed by atoms with Gasteiger partial charge in [0, 0.05) is 70.7 Å². The third-order valence-corrected chi connectivity index (χ3v) is 16.4. The standard InChI is InChI=1S/C43H64N6O5Si/c1-9-11-19-47(20-12-10-2)41(51)38-30-48(26-25-46-23-21-45(6)22-24-46)39(44-38)36-18-17-33(42(52)53)28-37(36)40(50)49-29-34-16-14-13-15-32(34)27-35(49)31-54-55(7,8)43(3,4)5/h13-18,28,30,35H,9-12,19-27,29,31H2,1-8H3,(H,52,53). The first-order valence-electron chi connectivity index (χ1n) is 20.3. The van der Waals surface area contributed by atoms with E-state index in [0.717, 1.165) is 64.0 Å². The van der Waals surface area contributed by atoms with Gasteiger partial charge in [-0.3, -0.25) is 14.5 Å². The zero-order valence-electron chi connectivity index (χ0n) is 34.6. The van der Waals surface area contributed by atoms with Gasteiger partial charge in [-0.15, -0.1) is 0 Å². The maximum absolute atomic E-state index is 15.1. The number of rotatable bonds is 16. The molecule has 2 amide bonds. The number of unbranched alkanes of at least 4 members (excludes halogenated alkanes) is 2. The van der Waals surface area contributed by atoms with E-state index in [4.69, 9.17) is 9.41 Å². The van der Waals surface area contributed by atoms with Crippen molar-refractivity contribution >= 4 is 26.1 Å². The third-order valence-electron chi connectivity index (χ3n) is 11.9. The van der Waals surface area contributed by atoms with E-state index in [1.54, 1.807) is 6.07 Å². The summed E-state index contributed by atoms with van der Waals surface area (Å²) in [6, 6.07) is 12.7. The highest BCUT2D eigenvalue weighted by atomic mass is 28.4. The zero-order chi connectivity index (χ0) is 39.9. The SMILES string of the molecule is CCCCN(CCCC)C(=O)c1cn(CCN2CCN(C)CC2)c(-c2ccc(C(=O)O)cc2C(=O)N2Cc3ccccc3CC2CO[Si](C)(C)C(C)(C)C)n1. The second-order valence-electron chi connectivity index (χ2n) is 17.0. The molecule has 5 rings (SSSR count). The number of fused-ring (bicyclic) bond motifs is 1. The van der Waals surface area contributed by atoms with Gasteiger partial charge in [-0.05, 0) is 73.8 Å². The van der Waals surface area contributed by atoms with Crippen molar-refractivity contribution in [3.05, 3.63) is 76.6 Å². The average molecular weight is 773 g/mol. The van der Waals surface area contributed by atoms with Gasteiger partial charge in [-0.1, -0.05) is 71.7 Å². The molecule has 3 heterocycles. The van der Waals surface area contributed by atoms with E-state index < -0.39 is 14.3 Å². The lowest BCUT2D eigenvalue weighted by molar-refractivity contribution is 0.0555. The average Bonchev–Trinajstić information content (AvgIpc) is 3.59. The molecule has 2 aliphatic rings. The van der Waals surface area contributed by atoms with Crippen LogP contribution < -0.4 is 0 Å². The van der Waals surface area contributed by atoms with E-state index in [9.17, 15) is 14.7 Å². The molecular formula is C43H64N6O5Si. The minimum absolute atomic E-state index is 0.00357. The molecule has 55 heavy (non-hydrogen) atoms. The third kappa shape index (κ3) is 10.3. The molecule has 1 aromatic heterocycles. The van der Waals surface area contributed by atoms with Gasteiger partial charge in [-0.25, -0.2) is 9.78 Å². The van der Waals surface area contributed by atoms with Crippen molar-refractivity contribution in [1.29, 1.82) is 0 Å². The van der Waals surface area contributed by atoms with Gasteiger partial charge in [0.25, 0.3) is 11.8 Å². The van der Waals surface area contributed by atoms with Crippen LogP contribution in [0.15, 0.2) is 48.7 Å². The molecule has 0 saturated carbocycles. The second kappa shape index (κ2) is 18.4. The summed E-state index contributed by atoms with van der Waals surface area (Å²) < 4.78 is 8.75. The van der Waals surface area contributed by atoms with E-state index in [-0.39, 0.29) is 34.0 Å². The predicted octanol–water partition coefficient (Wildman–Crippen LogP) is 7.13. The summed E-state index contributed by atoms with van der Waals surface area (Å²) in [4.78, 5) is 55.2. The van der Waals surface area contributed by atoms with Crippen LogP contribution in [0.2, 0.25) is 18.1 Å². The number of hydrogen-bond donors (Lipinski definition) is 1. The number of carbonyl (C=O) groups is 3. The lowest BCUT2D eigenvalue weighted by atomic mass is 9.92. The molecule has 1 N–H and O–H groups in total. The number of benzene rings is 2. The molecule has 11 nitrogen and oxygen atoms in total. The number of carbonyl (C=O) groups excluding carboxylic acids is 2. The Morgan fingerprint density at radius 1 is 0.945 bits per heavy atom. The Labute approximate surface area is 329 Å². The molecule has 2 aromatic carbocycles. The first-order chi connectivity index (χ1) is 26.1. The van der Waals surface area contributed by atoms with Gasteiger partial charge in [0.2, 0.25) is 0 Å². The highest BCUT2D eigenvalue weighted by Crippen LogP contribution is 2.38. The molecule has 1 unspecified atom stereocenters. The molecule has 0 bridgehead atoms. The Morgan fingerprint density at radius 3 is 2.22 bits per heavy atom. The molecule has 3 aromatic rings. The van der Waals surface area contributed by atoms with Crippen molar-refractivity contribution in [2.45, 2.75) is 104 Å². The van der Waals surface area contributed by atoms with Crippen LogP contribution >= 0.6 is 0 Å². The highest BCUT2D eigenvalue weighted by molar-refractivity contribution is 6.74. The number of piperazine rings is 1. The minimum atomic E-state index is -2.15. The van der Waals surface area contributed by atoms with Crippen molar-refractivity contribution < 1.29 is 23.9 Å². The molecule has 300 valence electrons. The van der Waals surface area contributed by atoms with Crippen molar-refractivity contribution in [1.82, 2.24) is 29.2 Å². The number of likely N-dealkylation sites (N-methyl/N-ethyl adjacent to an activating group) is 1. The Balaban J connectivity index is 1.58. The van der Waals surface area contributed by atoms with Gasteiger partial charge in [0.15, 0.2) is 8.32 Å². The number of carboxylic acid groups (broad SMARTS) is 1. The smallest absolute Gasteiger partial charge is 0.335 e. The molecule has 2 aliphatic heterocycles. The molecule has 1 atom stereocenters. The number of aromatic carboxylic acids is 1. The Morgan fingerprint density at radius 2 is 1.60 bits per heavy atom. The van der Waals surface area contributed by atoms with E-state index >= 15 is 4.79 Å². The van der Waals surface area contributed by atoms with Crippen molar-refractivity contribution in [3.63, 3.8) is 0 Å². The maximum Gasteiger partial charge on any atom is 0.335 e. The van der Waals surface area contributed by atoms with Crippen LogP contribution in [-0.4, -0.2) is 126 Å². The van der Waals surface area contributed by atoms with E-state index in [2.05, 4.69) is 76.7 Å². The lowest BCUT2D eigenvalue weighted by Gasteiger charge is -2.41. The van der Waals surface area contributed by atoms with Crippen LogP contribution in [-0.2, 0) is 23.9 Å². The van der Waals surface area contributed by atoms with Crippen molar-refractivity contribution in [2.24, 2.45) is 0 Å². The zero-order valence-corrected chi connectivity index (χ0v) is 35.6. The molecular weight excluding hydrogens is 709 g/mol. The maximum atomic E-state index is 15.1. The number of hydrogen-bond acceptors (Lipinski definition) is 7. The van der Waals surface area contributed by atoms with Gasteiger partial charge >= 0.3 is 5.97 Å². The largest absolute Gasteiger partial charge is 0.478 e. The second-order valence-corrected chi connectivity index (χ2v) is 21.8. The van der Waals surface area contributed by atoms with Gasteiger partial charge < -0.3 is 28.8 Å². The Kier molecular flexibility index (Phi) is 14.2. The van der Waals surface area contributed by atoms with Crippen LogP contribution in [0.25, 0.3) is 11.4 Å². The van der Waals surface area contributed by atoms with Crippen LogP contribution in [0.3, 0.4) is 0 Å². The summed E-state index contributed by atoms with van der Waals surface area (Å²) >= 11 is 0. The van der Waals surface area contributed by atoms with E-state index in [1.807, 2.05) is 32.7 Å².